The van der Waals surface area contributed by atoms with Gasteiger partial charge >= 0.3 is 0 Å². The van der Waals surface area contributed by atoms with Crippen molar-refractivity contribution in [3.8, 4) is 0 Å². The van der Waals surface area contributed by atoms with Gasteiger partial charge in [0.05, 0.1) is 4.47 Å². The molecule has 1 aliphatic carbocycles. The Labute approximate surface area is 135 Å². The zero-order chi connectivity index (χ0) is 15.2. The molecule has 1 heterocycles. The Balaban J connectivity index is 1.94. The van der Waals surface area contributed by atoms with Gasteiger partial charge in [-0.25, -0.2) is 4.39 Å². The fourth-order valence-corrected chi connectivity index (χ4v) is 4.04. The summed E-state index contributed by atoms with van der Waals surface area (Å²) in [6, 6.07) is 4.03. The molecule has 1 aromatic carbocycles. The molecule has 3 rings (SSSR count). The predicted molar refractivity (Wildman–Crippen MR) is 89.4 cm³/mol. The minimum Gasteiger partial charge on any atom is -0.365 e. The molecule has 1 N–H and O–H groups in total. The lowest BCUT2D eigenvalue weighted by molar-refractivity contribution is 0.252. The first kappa shape index (κ1) is 15.3. The van der Waals surface area contributed by atoms with Gasteiger partial charge in [0.25, 0.3) is 0 Å². The Bertz CT molecular complexity index is 544. The van der Waals surface area contributed by atoms with Crippen LogP contribution in [0, 0.1) is 18.7 Å². The average molecular weight is 355 g/mol. The molecule has 0 radical (unpaired) electrons. The molecular formula is C17H24BrFN2. The number of rotatable bonds is 3. The average Bonchev–Trinajstić information content (AvgIpc) is 3.28. The first-order valence-electron chi connectivity index (χ1n) is 7.92. The summed E-state index contributed by atoms with van der Waals surface area (Å²) in [5.74, 6) is 0.607. The van der Waals surface area contributed by atoms with Crippen molar-refractivity contribution in [3.05, 3.63) is 28.0 Å². The number of nitrogens with one attached hydrogen (secondary N) is 1. The van der Waals surface area contributed by atoms with E-state index in [2.05, 4.69) is 46.9 Å². The molecule has 2 unspecified atom stereocenters. The van der Waals surface area contributed by atoms with Gasteiger partial charge in [-0.15, -0.1) is 0 Å². The highest BCUT2D eigenvalue weighted by molar-refractivity contribution is 9.10. The van der Waals surface area contributed by atoms with Gasteiger partial charge in [0.1, 0.15) is 5.82 Å². The van der Waals surface area contributed by atoms with Gasteiger partial charge in [-0.05, 0) is 72.7 Å². The van der Waals surface area contributed by atoms with Crippen molar-refractivity contribution in [2.24, 2.45) is 5.92 Å². The van der Waals surface area contributed by atoms with Crippen molar-refractivity contribution in [1.82, 2.24) is 5.32 Å². The number of aryl methyl sites for hydroxylation is 1. The number of piperazine rings is 1. The minimum absolute atomic E-state index is 0.168. The van der Waals surface area contributed by atoms with Gasteiger partial charge in [0.2, 0.25) is 0 Å². The number of anilines is 1. The third kappa shape index (κ3) is 2.85. The molecule has 0 spiro atoms. The van der Waals surface area contributed by atoms with E-state index in [-0.39, 0.29) is 11.4 Å². The summed E-state index contributed by atoms with van der Waals surface area (Å²) in [5.41, 5.74) is 2.36. The predicted octanol–water partition coefficient (Wildman–Crippen LogP) is 4.25. The first-order chi connectivity index (χ1) is 9.94. The lowest BCUT2D eigenvalue weighted by Crippen LogP contribution is -2.64. The van der Waals surface area contributed by atoms with Crippen LogP contribution in [-0.4, -0.2) is 24.7 Å². The highest BCUT2D eigenvalue weighted by Crippen LogP contribution is 2.43. The zero-order valence-electron chi connectivity index (χ0n) is 13.0. The topological polar surface area (TPSA) is 15.3 Å². The molecule has 116 valence electrons. The van der Waals surface area contributed by atoms with Crippen molar-refractivity contribution >= 4 is 21.6 Å². The summed E-state index contributed by atoms with van der Waals surface area (Å²) in [5, 5.41) is 3.76. The van der Waals surface area contributed by atoms with Crippen LogP contribution < -0.4 is 10.2 Å². The normalized spacial score (nSPS) is 29.8. The van der Waals surface area contributed by atoms with E-state index in [1.165, 1.54) is 12.8 Å². The van der Waals surface area contributed by atoms with Crippen LogP contribution in [0.4, 0.5) is 10.1 Å². The molecule has 0 aromatic heterocycles. The van der Waals surface area contributed by atoms with Crippen LogP contribution in [0.3, 0.4) is 0 Å². The van der Waals surface area contributed by atoms with E-state index in [9.17, 15) is 4.39 Å². The molecule has 2 nitrogen and oxygen atoms in total. The van der Waals surface area contributed by atoms with Crippen LogP contribution >= 0.6 is 15.9 Å². The third-order valence-electron chi connectivity index (χ3n) is 5.18. The van der Waals surface area contributed by atoms with E-state index in [1.54, 1.807) is 6.07 Å². The van der Waals surface area contributed by atoms with Crippen LogP contribution in [0.2, 0.25) is 0 Å². The SMILES string of the molecule is CCC1CNC(C)(C2CC2)CN1c1cc(F)c(Br)cc1C. The lowest BCUT2D eigenvalue weighted by atomic mass is 9.89. The molecule has 1 saturated heterocycles. The molecule has 2 fully saturated rings. The van der Waals surface area contributed by atoms with Crippen molar-refractivity contribution in [2.75, 3.05) is 18.0 Å². The fraction of sp³-hybridized carbons (Fsp3) is 0.647. The maximum atomic E-state index is 14.0. The van der Waals surface area contributed by atoms with E-state index in [0.717, 1.165) is 36.7 Å². The minimum atomic E-state index is -0.169. The molecule has 21 heavy (non-hydrogen) atoms. The summed E-state index contributed by atoms with van der Waals surface area (Å²) in [6.07, 6.45) is 3.72. The van der Waals surface area contributed by atoms with Gasteiger partial charge < -0.3 is 10.2 Å². The van der Waals surface area contributed by atoms with Gasteiger partial charge in [0, 0.05) is 30.4 Å². The second-order valence-corrected chi connectivity index (χ2v) is 7.67. The van der Waals surface area contributed by atoms with Crippen LogP contribution in [-0.2, 0) is 0 Å². The number of nitrogens with zero attached hydrogens (tertiary/aromatic N) is 1. The summed E-state index contributed by atoms with van der Waals surface area (Å²) in [4.78, 5) is 2.43. The number of hydrogen-bond donors (Lipinski definition) is 1. The monoisotopic (exact) mass is 354 g/mol. The van der Waals surface area contributed by atoms with Crippen LogP contribution in [0.15, 0.2) is 16.6 Å². The Hall–Kier alpha value is -0.610. The molecule has 0 bridgehead atoms. The quantitative estimate of drug-likeness (QED) is 0.872. The van der Waals surface area contributed by atoms with E-state index in [1.807, 2.05) is 6.07 Å². The molecule has 1 saturated carbocycles. The second-order valence-electron chi connectivity index (χ2n) is 6.82. The first-order valence-corrected chi connectivity index (χ1v) is 8.71. The zero-order valence-corrected chi connectivity index (χ0v) is 14.6. The van der Waals surface area contributed by atoms with Crippen molar-refractivity contribution in [2.45, 2.75) is 51.6 Å². The number of halogens is 2. The highest BCUT2D eigenvalue weighted by Gasteiger charge is 2.46. The standard InChI is InChI=1S/C17H24BrFN2/c1-4-13-9-20-17(3,12-5-6-12)10-21(13)16-8-15(19)14(18)7-11(16)2/h7-8,12-13,20H,4-6,9-10H2,1-3H3. The van der Waals surface area contributed by atoms with Crippen LogP contribution in [0.25, 0.3) is 0 Å². The number of benzene rings is 1. The summed E-state index contributed by atoms with van der Waals surface area (Å²) in [7, 11) is 0. The highest BCUT2D eigenvalue weighted by atomic mass is 79.9. The van der Waals surface area contributed by atoms with E-state index >= 15 is 0 Å². The Morgan fingerprint density at radius 1 is 1.43 bits per heavy atom. The molecule has 1 aromatic rings. The molecule has 0 amide bonds. The molecule has 1 aliphatic heterocycles. The van der Waals surface area contributed by atoms with Crippen LogP contribution in [0.1, 0.15) is 38.7 Å². The van der Waals surface area contributed by atoms with Crippen LogP contribution in [0.5, 0.6) is 0 Å². The van der Waals surface area contributed by atoms with Gasteiger partial charge in [-0.2, -0.15) is 0 Å². The Morgan fingerprint density at radius 2 is 2.14 bits per heavy atom. The lowest BCUT2D eigenvalue weighted by Gasteiger charge is -2.48. The Morgan fingerprint density at radius 3 is 2.76 bits per heavy atom. The summed E-state index contributed by atoms with van der Waals surface area (Å²) >= 11 is 3.29. The van der Waals surface area contributed by atoms with Gasteiger partial charge in [-0.1, -0.05) is 6.92 Å². The van der Waals surface area contributed by atoms with Crippen molar-refractivity contribution in [3.63, 3.8) is 0 Å². The maximum Gasteiger partial charge on any atom is 0.139 e. The van der Waals surface area contributed by atoms with Gasteiger partial charge in [0.15, 0.2) is 0 Å². The smallest absolute Gasteiger partial charge is 0.139 e. The van der Waals surface area contributed by atoms with Gasteiger partial charge in [-0.3, -0.25) is 0 Å². The second kappa shape index (κ2) is 5.54. The summed E-state index contributed by atoms with van der Waals surface area (Å²) < 4.78 is 14.6. The molecular weight excluding hydrogens is 331 g/mol. The van der Waals surface area contributed by atoms with Crippen molar-refractivity contribution < 1.29 is 4.39 Å². The van der Waals surface area contributed by atoms with E-state index in [4.69, 9.17) is 0 Å². The largest absolute Gasteiger partial charge is 0.365 e. The van der Waals surface area contributed by atoms with Crippen molar-refractivity contribution in [1.29, 1.82) is 0 Å². The molecule has 4 heteroatoms. The summed E-state index contributed by atoms with van der Waals surface area (Å²) in [6.45, 7) is 8.57. The number of hydrogen-bond acceptors (Lipinski definition) is 2. The maximum absolute atomic E-state index is 14.0. The fourth-order valence-electron chi connectivity index (χ4n) is 3.59. The van der Waals surface area contributed by atoms with E-state index < -0.39 is 0 Å². The third-order valence-corrected chi connectivity index (χ3v) is 5.79. The molecule has 2 atom stereocenters. The molecule has 2 aliphatic rings. The van der Waals surface area contributed by atoms with E-state index in [0.29, 0.717) is 10.5 Å². The Kier molecular flexibility index (Phi) is 4.04.